The van der Waals surface area contributed by atoms with E-state index in [2.05, 4.69) is 41.7 Å². The number of benzene rings is 2. The van der Waals surface area contributed by atoms with Gasteiger partial charge in [-0.3, -0.25) is 0 Å². The van der Waals surface area contributed by atoms with Gasteiger partial charge in [-0.05, 0) is 95.2 Å². The topological polar surface area (TPSA) is 84.4 Å². The molecule has 0 aliphatic rings. The molecule has 160 valence electrons. The molecule has 0 radical (unpaired) electrons. The number of rotatable bonds is 9. The number of hydrogen-bond acceptors (Lipinski definition) is 4. The number of carbonyl (C=O) groups is 1. The maximum atomic E-state index is 12.4. The summed E-state index contributed by atoms with van der Waals surface area (Å²) in [6, 6.07) is 13.4. The van der Waals surface area contributed by atoms with E-state index in [9.17, 15) is 9.90 Å². The van der Waals surface area contributed by atoms with Gasteiger partial charge in [0.15, 0.2) is 5.54 Å². The summed E-state index contributed by atoms with van der Waals surface area (Å²) in [4.78, 5) is 19.2. The van der Waals surface area contributed by atoms with E-state index in [1.165, 1.54) is 0 Å². The molecule has 30 heavy (non-hydrogen) atoms. The third kappa shape index (κ3) is 4.94. The van der Waals surface area contributed by atoms with E-state index in [1.54, 1.807) is 0 Å². The SMILES string of the molecule is CN(C)CCCCn1c(C(N)(Cc2ccc(Br)c(Br)c2)C(=O)O)nc2ccccc21. The molecule has 3 rings (SSSR count). The second kappa shape index (κ2) is 9.60. The molecule has 0 aliphatic heterocycles. The molecular weight excluding hydrogens is 512 g/mol. The zero-order valence-corrected chi connectivity index (χ0v) is 20.3. The second-order valence-corrected chi connectivity index (χ2v) is 9.50. The predicted molar refractivity (Wildman–Crippen MR) is 127 cm³/mol. The van der Waals surface area contributed by atoms with Crippen LogP contribution in [0.5, 0.6) is 0 Å². The molecule has 1 atom stereocenters. The molecule has 0 saturated carbocycles. The third-order valence-corrected chi connectivity index (χ3v) is 7.02. The highest BCUT2D eigenvalue weighted by atomic mass is 79.9. The van der Waals surface area contributed by atoms with Crippen molar-refractivity contribution in [2.45, 2.75) is 31.3 Å². The van der Waals surface area contributed by atoms with E-state index >= 15 is 0 Å². The number of unbranched alkanes of at least 4 members (excludes halogenated alkanes) is 1. The minimum absolute atomic E-state index is 0.134. The first-order valence-corrected chi connectivity index (χ1v) is 11.4. The van der Waals surface area contributed by atoms with Gasteiger partial charge in [-0.2, -0.15) is 0 Å². The summed E-state index contributed by atoms with van der Waals surface area (Å²) >= 11 is 6.93. The number of aliphatic carboxylic acids is 1. The molecule has 0 saturated heterocycles. The largest absolute Gasteiger partial charge is 0.480 e. The van der Waals surface area contributed by atoms with Crippen LogP contribution in [-0.2, 0) is 23.3 Å². The molecular formula is C22H26Br2N4O2. The van der Waals surface area contributed by atoms with Crippen molar-refractivity contribution in [3.63, 3.8) is 0 Å². The third-order valence-electron chi connectivity index (χ3n) is 5.14. The Morgan fingerprint density at radius 3 is 2.57 bits per heavy atom. The summed E-state index contributed by atoms with van der Waals surface area (Å²) in [7, 11) is 4.09. The number of imidazole rings is 1. The lowest BCUT2D eigenvalue weighted by Crippen LogP contribution is -2.49. The zero-order chi connectivity index (χ0) is 21.9. The molecule has 3 aromatic rings. The molecule has 0 aliphatic carbocycles. The van der Waals surface area contributed by atoms with Crippen molar-refractivity contribution in [3.05, 3.63) is 62.8 Å². The van der Waals surface area contributed by atoms with Crippen LogP contribution in [0.1, 0.15) is 24.2 Å². The molecule has 0 fully saturated rings. The lowest BCUT2D eigenvalue weighted by molar-refractivity contribution is -0.144. The lowest BCUT2D eigenvalue weighted by Gasteiger charge is -2.26. The maximum Gasteiger partial charge on any atom is 0.331 e. The molecule has 8 heteroatoms. The Morgan fingerprint density at radius 2 is 1.90 bits per heavy atom. The predicted octanol–water partition coefficient (Wildman–Crippen LogP) is 4.38. The summed E-state index contributed by atoms with van der Waals surface area (Å²) in [5.41, 5.74) is 7.42. The fourth-order valence-corrected chi connectivity index (χ4v) is 4.24. The molecule has 1 heterocycles. The first-order valence-electron chi connectivity index (χ1n) is 9.79. The standard InChI is InChI=1S/C22H26Br2N4O2/c1-27(2)11-5-6-12-28-19-8-4-3-7-18(19)26-20(28)22(25,21(29)30)14-15-9-10-16(23)17(24)13-15/h3-4,7-10,13H,5-6,11-12,14,25H2,1-2H3,(H,29,30). The van der Waals surface area contributed by atoms with E-state index in [0.29, 0.717) is 12.4 Å². The number of nitrogens with two attached hydrogens (primary N) is 1. The number of aryl methyl sites for hydroxylation is 1. The highest BCUT2D eigenvalue weighted by Gasteiger charge is 2.41. The Balaban J connectivity index is 2.02. The van der Waals surface area contributed by atoms with Crippen LogP contribution < -0.4 is 5.73 Å². The van der Waals surface area contributed by atoms with Gasteiger partial charge in [-0.25, -0.2) is 9.78 Å². The quantitative estimate of drug-likeness (QED) is 0.395. The fraction of sp³-hybridized carbons (Fsp3) is 0.364. The van der Waals surface area contributed by atoms with Crippen LogP contribution >= 0.6 is 31.9 Å². The van der Waals surface area contributed by atoms with E-state index in [1.807, 2.05) is 61.1 Å². The number of carboxylic acid groups (broad SMARTS) is 1. The van der Waals surface area contributed by atoms with Gasteiger partial charge in [0, 0.05) is 21.9 Å². The smallest absolute Gasteiger partial charge is 0.331 e. The highest BCUT2D eigenvalue weighted by Crippen LogP contribution is 2.30. The number of carboxylic acids is 1. The van der Waals surface area contributed by atoms with Crippen molar-refractivity contribution < 1.29 is 9.90 Å². The Hall–Kier alpha value is -1.74. The van der Waals surface area contributed by atoms with Crippen LogP contribution in [0.25, 0.3) is 11.0 Å². The van der Waals surface area contributed by atoms with E-state index < -0.39 is 11.5 Å². The van der Waals surface area contributed by atoms with E-state index in [0.717, 1.165) is 44.9 Å². The van der Waals surface area contributed by atoms with Crippen molar-refractivity contribution >= 4 is 48.9 Å². The van der Waals surface area contributed by atoms with Crippen molar-refractivity contribution in [2.24, 2.45) is 5.73 Å². The normalized spacial score (nSPS) is 13.7. The van der Waals surface area contributed by atoms with Crippen molar-refractivity contribution in [1.82, 2.24) is 14.5 Å². The first-order chi connectivity index (χ1) is 14.2. The molecule has 0 amide bonds. The van der Waals surface area contributed by atoms with Crippen molar-refractivity contribution in [1.29, 1.82) is 0 Å². The average Bonchev–Trinajstić information content (AvgIpc) is 3.07. The summed E-state index contributed by atoms with van der Waals surface area (Å²) in [6.07, 6.45) is 2.05. The molecule has 2 aromatic carbocycles. The summed E-state index contributed by atoms with van der Waals surface area (Å²) in [5, 5.41) is 10.2. The zero-order valence-electron chi connectivity index (χ0n) is 17.1. The second-order valence-electron chi connectivity index (χ2n) is 7.79. The maximum absolute atomic E-state index is 12.4. The highest BCUT2D eigenvalue weighted by molar-refractivity contribution is 9.13. The fourth-order valence-electron chi connectivity index (χ4n) is 3.56. The molecule has 0 spiro atoms. The number of aromatic nitrogens is 2. The first kappa shape index (κ1) is 22.9. The summed E-state index contributed by atoms with van der Waals surface area (Å²) in [6.45, 7) is 1.64. The minimum Gasteiger partial charge on any atom is -0.480 e. The van der Waals surface area contributed by atoms with E-state index in [4.69, 9.17) is 5.73 Å². The number of halogens is 2. The van der Waals surface area contributed by atoms with Crippen LogP contribution in [0.15, 0.2) is 51.4 Å². The molecule has 1 unspecified atom stereocenters. The van der Waals surface area contributed by atoms with Crippen molar-refractivity contribution in [3.8, 4) is 0 Å². The average molecular weight is 538 g/mol. The lowest BCUT2D eigenvalue weighted by atomic mass is 9.90. The number of nitrogens with zero attached hydrogens (tertiary/aromatic N) is 3. The van der Waals surface area contributed by atoms with Crippen LogP contribution in [0.4, 0.5) is 0 Å². The van der Waals surface area contributed by atoms with Gasteiger partial charge in [0.25, 0.3) is 0 Å². The Labute approximate surface area is 193 Å². The van der Waals surface area contributed by atoms with Gasteiger partial charge in [0.1, 0.15) is 5.82 Å². The van der Waals surface area contributed by atoms with Crippen molar-refractivity contribution in [2.75, 3.05) is 20.6 Å². The minimum atomic E-state index is -1.65. The van der Waals surface area contributed by atoms with Gasteiger partial charge in [0.2, 0.25) is 0 Å². The van der Waals surface area contributed by atoms with Crippen LogP contribution in [-0.4, -0.2) is 46.2 Å². The van der Waals surface area contributed by atoms with Crippen LogP contribution in [0.3, 0.4) is 0 Å². The molecule has 6 nitrogen and oxygen atoms in total. The summed E-state index contributed by atoms with van der Waals surface area (Å²) in [5.74, 6) is -0.702. The molecule has 1 aromatic heterocycles. The number of para-hydroxylation sites is 2. The van der Waals surface area contributed by atoms with E-state index in [-0.39, 0.29) is 6.42 Å². The summed E-state index contributed by atoms with van der Waals surface area (Å²) < 4.78 is 3.73. The van der Waals surface area contributed by atoms with Gasteiger partial charge in [-0.1, -0.05) is 18.2 Å². The van der Waals surface area contributed by atoms with Crippen LogP contribution in [0.2, 0.25) is 0 Å². The number of hydrogen-bond donors (Lipinski definition) is 2. The molecule has 3 N–H and O–H groups in total. The molecule has 0 bridgehead atoms. The van der Waals surface area contributed by atoms with Gasteiger partial charge >= 0.3 is 5.97 Å². The Morgan fingerprint density at radius 1 is 1.17 bits per heavy atom. The Kier molecular flexibility index (Phi) is 7.34. The van der Waals surface area contributed by atoms with Gasteiger partial charge in [-0.15, -0.1) is 0 Å². The Bertz CT molecular complexity index is 1050. The number of fused-ring (bicyclic) bond motifs is 1. The van der Waals surface area contributed by atoms with Crippen LogP contribution in [0, 0.1) is 0 Å². The van der Waals surface area contributed by atoms with Gasteiger partial charge < -0.3 is 20.3 Å². The monoisotopic (exact) mass is 536 g/mol. The van der Waals surface area contributed by atoms with Gasteiger partial charge in [0.05, 0.1) is 11.0 Å².